The Balaban J connectivity index is 0.0000000925. The van der Waals surface area contributed by atoms with Crippen LogP contribution in [0.2, 0.25) is 0 Å². The predicted octanol–water partition coefficient (Wildman–Crippen LogP) is 19.3. The molecule has 29 rings (SSSR count). The summed E-state index contributed by atoms with van der Waals surface area (Å²) in [7, 11) is 0. The number of fused-ring (bicyclic) bond motifs is 15. The Morgan fingerprint density at radius 2 is 0.736 bits per heavy atom. The van der Waals surface area contributed by atoms with Crippen molar-refractivity contribution in [1.82, 2.24) is 67.7 Å². The predicted molar refractivity (Wildman–Crippen MR) is 540 cm³/mol. The lowest BCUT2D eigenvalue weighted by molar-refractivity contribution is -0.155. The molecule has 6 aromatic carbocycles. The van der Waals surface area contributed by atoms with Crippen molar-refractivity contribution in [3.8, 4) is 0 Å². The second-order valence-corrected chi connectivity index (χ2v) is 43.2. The monoisotopic (exact) mass is 1900 g/mol. The number of carbonyl (C=O) groups is 2. The number of morpholine rings is 1. The van der Waals surface area contributed by atoms with E-state index in [-0.39, 0.29) is 56.2 Å². The van der Waals surface area contributed by atoms with Gasteiger partial charge in [-0.2, -0.15) is 4.98 Å². The lowest BCUT2D eigenvalue weighted by atomic mass is 9.78. The van der Waals surface area contributed by atoms with Crippen molar-refractivity contribution in [2.24, 2.45) is 35.5 Å². The topological polar surface area (TPSA) is 203 Å². The molecule has 0 saturated carbocycles. The van der Waals surface area contributed by atoms with Gasteiger partial charge in [-0.15, -0.1) is 0 Å². The minimum atomic E-state index is -0.273. The van der Waals surface area contributed by atoms with Gasteiger partial charge in [0.1, 0.15) is 51.0 Å². The van der Waals surface area contributed by atoms with Crippen LogP contribution in [0.15, 0.2) is 156 Å². The summed E-state index contributed by atoms with van der Waals surface area (Å²) in [6.45, 7) is 25.5. The van der Waals surface area contributed by atoms with Gasteiger partial charge < -0.3 is 70.6 Å². The molecule has 1 N–H and O–H groups in total. The number of rotatable bonds is 20. The quantitative estimate of drug-likeness (QED) is 0.0705. The summed E-state index contributed by atoms with van der Waals surface area (Å²) in [5.74, 6) is 5.02. The summed E-state index contributed by atoms with van der Waals surface area (Å²) in [6, 6.07) is 57.7. The Hall–Kier alpha value is -9.42. The largest absolute Gasteiger partial charge is 0.464 e. The summed E-state index contributed by atoms with van der Waals surface area (Å²) in [5, 5.41) is 14.0. The minimum absolute atomic E-state index is 0.00906. The van der Waals surface area contributed by atoms with Crippen LogP contribution in [0.1, 0.15) is 257 Å². The number of hydrogen-bond donors (Lipinski definition) is 1. The number of esters is 1. The van der Waals surface area contributed by atoms with Gasteiger partial charge in [0.25, 0.3) is 5.89 Å². The van der Waals surface area contributed by atoms with E-state index in [4.69, 9.17) is 42.4 Å². The van der Waals surface area contributed by atoms with Crippen molar-refractivity contribution < 1.29 is 52.0 Å². The lowest BCUT2D eigenvalue weighted by Crippen LogP contribution is -2.47. The number of carbonyl (C=O) groups excluding carboxylic acids is 2. The molecule has 0 aliphatic carbocycles. The third kappa shape index (κ3) is 17.2. The molecule has 15 unspecified atom stereocenters. The Labute approximate surface area is 822 Å². The molecule has 0 bridgehead atoms. The van der Waals surface area contributed by atoms with E-state index in [0.717, 1.165) is 148 Å². The lowest BCUT2D eigenvalue weighted by Gasteiger charge is -2.49. The van der Waals surface area contributed by atoms with Crippen LogP contribution in [0.3, 0.4) is 0 Å². The normalized spacial score (nSPS) is 28.0. The third-order valence-corrected chi connectivity index (χ3v) is 35.6. The zero-order chi connectivity index (χ0) is 93.4. The first-order valence-corrected chi connectivity index (χ1v) is 54.2. The maximum absolute atomic E-state index is 12.6. The Morgan fingerprint density at radius 3 is 1.11 bits per heavy atom. The number of para-hydroxylation sites is 5. The molecular weight excluding hydrogens is 1750 g/mol. The SMILES string of the molecule is CCOC(=O)COC1CC2CCCN3CCc4c(n1c1ccccc41)C23.Cc1noc(COC2CC3CCCN4CCc5c(n2c2ccccc52)C34)n1.O=C(COC1CC2CCCN3CCc4c(n1c1ccccc41)C23)NCCC1CCOCC1.c1ccc(COC2CC3CCCN4CCc5c(n2c2ccccc52)C34)cc1.c1ccc2c(c1)c1c3n2C(OCCN2CCOCC2)CC2CCCN(CC1)C32. The highest BCUT2D eigenvalue weighted by atomic mass is 16.6. The van der Waals surface area contributed by atoms with Gasteiger partial charge in [0, 0.05) is 128 Å². The third-order valence-electron chi connectivity index (χ3n) is 35.6. The molecule has 7 saturated heterocycles. The molecule has 15 atom stereocenters. The molecule has 0 radical (unpaired) electrons. The Bertz CT molecular complexity index is 6440. The van der Waals surface area contributed by atoms with Gasteiger partial charge in [-0.05, 0) is 293 Å². The van der Waals surface area contributed by atoms with Crippen molar-refractivity contribution in [3.05, 3.63) is 225 Å². The van der Waals surface area contributed by atoms with E-state index in [1.807, 2.05) is 13.8 Å². The fourth-order valence-electron chi connectivity index (χ4n) is 29.8. The number of hydrogen-bond acceptors (Lipinski definition) is 19. The van der Waals surface area contributed by atoms with E-state index in [0.29, 0.717) is 85.4 Å². The Kier molecular flexibility index (Phi) is 26.4. The van der Waals surface area contributed by atoms with E-state index in [1.165, 1.54) is 224 Å². The zero-order valence-corrected chi connectivity index (χ0v) is 82.2. The molecule has 6 aromatic heterocycles. The van der Waals surface area contributed by atoms with Crippen LogP contribution in [-0.2, 0) is 92.8 Å². The minimum Gasteiger partial charge on any atom is -0.464 e. The van der Waals surface area contributed by atoms with E-state index >= 15 is 0 Å². The summed E-state index contributed by atoms with van der Waals surface area (Å²) in [6.07, 6.45) is 27.6. The number of aryl methyl sites for hydroxylation is 1. The fourth-order valence-corrected chi connectivity index (χ4v) is 29.8. The number of piperidine rings is 5. The van der Waals surface area contributed by atoms with Crippen molar-refractivity contribution in [2.75, 3.05) is 144 Å². The van der Waals surface area contributed by atoms with Crippen molar-refractivity contribution >= 4 is 66.4 Å². The van der Waals surface area contributed by atoms with Crippen LogP contribution in [-0.4, -0.2) is 219 Å². The number of amides is 1. The second-order valence-electron chi connectivity index (χ2n) is 43.2. The highest BCUT2D eigenvalue weighted by Gasteiger charge is 2.52. The average molecular weight is 1900 g/mol. The van der Waals surface area contributed by atoms with Crippen LogP contribution < -0.4 is 5.32 Å². The highest BCUT2D eigenvalue weighted by Crippen LogP contribution is 2.59. The molecule has 17 aliphatic heterocycles. The fraction of sp³-hybridized carbons (Fsp3) is 0.565. The first-order valence-electron chi connectivity index (χ1n) is 54.2. The summed E-state index contributed by atoms with van der Waals surface area (Å²) in [5.41, 5.74) is 23.2. The molecule has 23 heterocycles. The van der Waals surface area contributed by atoms with Crippen LogP contribution >= 0.6 is 0 Å². The molecule has 0 spiro atoms. The molecule has 7 fully saturated rings. The van der Waals surface area contributed by atoms with E-state index in [1.54, 1.807) is 28.1 Å². The maximum atomic E-state index is 12.6. The van der Waals surface area contributed by atoms with Crippen LogP contribution in [0.5, 0.6) is 0 Å². The van der Waals surface area contributed by atoms with Gasteiger partial charge >= 0.3 is 5.97 Å². The summed E-state index contributed by atoms with van der Waals surface area (Å²) >= 11 is 0. The van der Waals surface area contributed by atoms with Crippen molar-refractivity contribution in [2.45, 2.75) is 236 Å². The molecule has 12 aromatic rings. The number of ether oxygens (including phenoxy) is 8. The van der Waals surface area contributed by atoms with Gasteiger partial charge in [-0.25, -0.2) is 4.79 Å². The maximum Gasteiger partial charge on any atom is 0.332 e. The first-order chi connectivity index (χ1) is 69.2. The summed E-state index contributed by atoms with van der Waals surface area (Å²) in [4.78, 5) is 44.8. The van der Waals surface area contributed by atoms with Crippen molar-refractivity contribution in [3.63, 3.8) is 0 Å². The second kappa shape index (κ2) is 40.3. The van der Waals surface area contributed by atoms with Crippen molar-refractivity contribution in [1.29, 1.82) is 0 Å². The number of aromatic nitrogens is 7. The molecule has 25 heteroatoms. The number of benzene rings is 6. The zero-order valence-electron chi connectivity index (χ0n) is 82.2. The number of nitrogens with zero attached hydrogens (tertiary/aromatic N) is 13. The first kappa shape index (κ1) is 91.8. The molecule has 1 amide bonds. The van der Waals surface area contributed by atoms with Gasteiger partial charge in [0.15, 0.2) is 5.82 Å². The van der Waals surface area contributed by atoms with Crippen LogP contribution in [0.4, 0.5) is 0 Å². The molecule has 738 valence electrons. The standard InChI is InChI=1S/C26H35N3O3.C24H26N2O.C23H31N3O2.C21H24N4O2.C21H26N2O3/c30-23(27-11-7-18-9-14-31-15-10-18)17-32-24-16-19-4-3-12-28-13-8-21-20-5-1-2-6-22(20)29(24)26(21)25(19)28;1-2-7-17(8-3-1)16-27-22-15-18-9-6-13-25-14-12-20-19-10-4-5-11-21(19)26(22)24(20)23(18)25;1-2-6-20-18(5-1)19-7-9-25-8-3-4-17-16-21(26(20)23(19)22(17)25)28-15-12-24-10-13-27-14-11-24;1-13-22-18(27-23-13)12-26-19-11-14-5-4-9-24-10-8-16-15-6-2-3-7-17(15)25(19)21(16)20(14)24;1-2-25-19(24)13-26-18-12-14-6-5-10-22-11-9-16-15-7-3-4-8-17(15)23(18)21(16)20(14)22/h1-2,5-6,18-19,24-25H,3-4,7-17H2,(H,27,30);1-5,7-8,10-11,18,22-23H,6,9,12-16H2;1-2,5-6,17,21-22H,3-4,7-16H2;2-3,6-7,14,19-20H,4-5,8-12H2,1H3;3-4,7-8,14,18,20H,2,5-6,9-13H2,1H3. The Morgan fingerprint density at radius 1 is 0.386 bits per heavy atom. The molecular formula is C115H142N14O11. The van der Waals surface area contributed by atoms with Gasteiger partial charge in [0.05, 0.1) is 90.8 Å². The van der Waals surface area contributed by atoms with Gasteiger partial charge in [-0.1, -0.05) is 126 Å². The molecule has 140 heavy (non-hydrogen) atoms. The number of nitrogens with one attached hydrogen (secondary N) is 1. The average Bonchev–Trinajstić information content (AvgIpc) is 1.57. The molecule has 17 aliphatic rings. The highest BCUT2D eigenvalue weighted by molar-refractivity contribution is 5.90. The molecule has 25 nitrogen and oxygen atoms in total. The summed E-state index contributed by atoms with van der Waals surface area (Å²) < 4.78 is 65.7. The van der Waals surface area contributed by atoms with E-state index < -0.39 is 0 Å². The van der Waals surface area contributed by atoms with E-state index in [9.17, 15) is 9.59 Å². The van der Waals surface area contributed by atoms with Gasteiger partial charge in [0.2, 0.25) is 5.91 Å². The van der Waals surface area contributed by atoms with E-state index in [2.05, 4.69) is 219 Å². The van der Waals surface area contributed by atoms with Gasteiger partial charge in [-0.3, -0.25) is 34.2 Å². The van der Waals surface area contributed by atoms with Crippen LogP contribution in [0.25, 0.3) is 54.5 Å². The van der Waals surface area contributed by atoms with Crippen LogP contribution in [0, 0.1) is 42.4 Å². The smallest absolute Gasteiger partial charge is 0.332 e.